The van der Waals surface area contributed by atoms with Gasteiger partial charge in [-0.3, -0.25) is 4.90 Å². The van der Waals surface area contributed by atoms with E-state index in [0.717, 1.165) is 19.6 Å². The third-order valence-electron chi connectivity index (χ3n) is 5.85. The number of piperidine rings is 1. The number of aromatic amines is 1. The number of fused-ring (bicyclic) bond motifs is 1. The van der Waals surface area contributed by atoms with Crippen LogP contribution in [0.15, 0.2) is 30.5 Å². The molecular formula is C20H29N3O. The van der Waals surface area contributed by atoms with E-state index < -0.39 is 0 Å². The lowest BCUT2D eigenvalue weighted by atomic mass is 9.95. The molecule has 3 heterocycles. The SMILES string of the molecule is OC[C@H]1CN(Cc2ccc3[nH]ccc3c2)C[C@H]1CN1CCCCC1. The van der Waals surface area contributed by atoms with Crippen LogP contribution in [0.3, 0.4) is 0 Å². The number of nitrogens with one attached hydrogen (secondary N) is 1. The number of likely N-dealkylation sites (tertiary alicyclic amines) is 2. The van der Waals surface area contributed by atoms with E-state index in [9.17, 15) is 5.11 Å². The molecule has 0 bridgehead atoms. The van der Waals surface area contributed by atoms with E-state index >= 15 is 0 Å². The molecule has 4 nitrogen and oxygen atoms in total. The predicted molar refractivity (Wildman–Crippen MR) is 97.9 cm³/mol. The second kappa shape index (κ2) is 7.26. The molecule has 4 heteroatoms. The molecule has 130 valence electrons. The standard InChI is InChI=1S/C20H29N3O/c24-15-19-14-23(13-18(19)12-22-8-2-1-3-9-22)11-16-4-5-20-17(10-16)6-7-21-20/h4-7,10,18-19,21,24H,1-3,8-9,11-15H2/t18-,19-/m1/s1. The summed E-state index contributed by atoms with van der Waals surface area (Å²) in [5.41, 5.74) is 2.58. The zero-order chi connectivity index (χ0) is 16.4. The van der Waals surface area contributed by atoms with Gasteiger partial charge in [0.05, 0.1) is 0 Å². The van der Waals surface area contributed by atoms with Gasteiger partial charge in [-0.25, -0.2) is 0 Å². The minimum Gasteiger partial charge on any atom is -0.396 e. The average Bonchev–Trinajstić information content (AvgIpc) is 3.22. The van der Waals surface area contributed by atoms with Gasteiger partial charge in [0.1, 0.15) is 0 Å². The normalized spacial score (nSPS) is 26.4. The van der Waals surface area contributed by atoms with Gasteiger partial charge in [-0.15, -0.1) is 0 Å². The number of hydrogen-bond acceptors (Lipinski definition) is 3. The van der Waals surface area contributed by atoms with E-state index in [4.69, 9.17) is 0 Å². The smallest absolute Gasteiger partial charge is 0.0475 e. The van der Waals surface area contributed by atoms with Gasteiger partial charge in [-0.2, -0.15) is 0 Å². The number of benzene rings is 1. The van der Waals surface area contributed by atoms with Crippen LogP contribution in [-0.2, 0) is 6.54 Å². The number of H-pyrrole nitrogens is 1. The number of nitrogens with zero attached hydrogens (tertiary/aromatic N) is 2. The first-order valence-corrected chi connectivity index (χ1v) is 9.43. The molecule has 1 aromatic heterocycles. The third-order valence-corrected chi connectivity index (χ3v) is 5.85. The second-order valence-corrected chi connectivity index (χ2v) is 7.66. The zero-order valence-corrected chi connectivity index (χ0v) is 14.5. The molecule has 0 saturated carbocycles. The summed E-state index contributed by atoms with van der Waals surface area (Å²) < 4.78 is 0. The van der Waals surface area contributed by atoms with E-state index in [1.807, 2.05) is 6.20 Å². The highest BCUT2D eigenvalue weighted by Crippen LogP contribution is 2.27. The summed E-state index contributed by atoms with van der Waals surface area (Å²) in [6, 6.07) is 8.83. The maximum Gasteiger partial charge on any atom is 0.0475 e. The predicted octanol–water partition coefficient (Wildman–Crippen LogP) is 2.69. The van der Waals surface area contributed by atoms with Gasteiger partial charge in [-0.1, -0.05) is 12.5 Å². The summed E-state index contributed by atoms with van der Waals surface area (Å²) in [6.07, 6.45) is 6.08. The fourth-order valence-electron chi connectivity index (χ4n) is 4.51. The van der Waals surface area contributed by atoms with Gasteiger partial charge < -0.3 is 15.0 Å². The summed E-state index contributed by atoms with van der Waals surface area (Å²) >= 11 is 0. The van der Waals surface area contributed by atoms with Crippen molar-refractivity contribution >= 4 is 10.9 Å². The molecule has 2 atom stereocenters. The van der Waals surface area contributed by atoms with Crippen LogP contribution in [0.2, 0.25) is 0 Å². The van der Waals surface area contributed by atoms with Crippen molar-refractivity contribution in [3.05, 3.63) is 36.0 Å². The van der Waals surface area contributed by atoms with Crippen LogP contribution in [0.4, 0.5) is 0 Å². The molecule has 2 aliphatic rings. The topological polar surface area (TPSA) is 42.5 Å². The zero-order valence-electron chi connectivity index (χ0n) is 14.5. The van der Waals surface area contributed by atoms with Crippen molar-refractivity contribution in [2.45, 2.75) is 25.8 Å². The third kappa shape index (κ3) is 3.51. The molecule has 0 radical (unpaired) electrons. The number of aliphatic hydroxyl groups excluding tert-OH is 1. The molecule has 4 rings (SSSR count). The van der Waals surface area contributed by atoms with Gasteiger partial charge in [0.15, 0.2) is 0 Å². The Bertz CT molecular complexity index is 662. The monoisotopic (exact) mass is 327 g/mol. The molecule has 2 aliphatic heterocycles. The van der Waals surface area contributed by atoms with Crippen molar-refractivity contribution in [2.75, 3.05) is 39.3 Å². The highest BCUT2D eigenvalue weighted by atomic mass is 16.3. The Labute approximate surface area is 144 Å². The molecule has 0 unspecified atom stereocenters. The maximum atomic E-state index is 9.81. The summed E-state index contributed by atoms with van der Waals surface area (Å²) in [7, 11) is 0. The Kier molecular flexibility index (Phi) is 4.88. The lowest BCUT2D eigenvalue weighted by molar-refractivity contribution is 0.149. The maximum absolute atomic E-state index is 9.81. The van der Waals surface area contributed by atoms with Gasteiger partial charge in [-0.05, 0) is 66.9 Å². The quantitative estimate of drug-likeness (QED) is 0.887. The Morgan fingerprint density at radius 1 is 1.00 bits per heavy atom. The van der Waals surface area contributed by atoms with Crippen molar-refractivity contribution in [3.63, 3.8) is 0 Å². The number of aromatic nitrogens is 1. The van der Waals surface area contributed by atoms with Crippen molar-refractivity contribution in [3.8, 4) is 0 Å². The van der Waals surface area contributed by atoms with Gasteiger partial charge in [0, 0.05) is 44.5 Å². The lowest BCUT2D eigenvalue weighted by Crippen LogP contribution is -2.37. The lowest BCUT2D eigenvalue weighted by Gasteiger charge is -2.30. The van der Waals surface area contributed by atoms with E-state index in [2.05, 4.69) is 39.0 Å². The van der Waals surface area contributed by atoms with Crippen LogP contribution in [0.25, 0.3) is 10.9 Å². The van der Waals surface area contributed by atoms with Crippen LogP contribution < -0.4 is 0 Å². The fraction of sp³-hybridized carbons (Fsp3) is 0.600. The first-order chi connectivity index (χ1) is 11.8. The van der Waals surface area contributed by atoms with Crippen LogP contribution in [0.5, 0.6) is 0 Å². The largest absolute Gasteiger partial charge is 0.396 e. The van der Waals surface area contributed by atoms with Crippen LogP contribution in [0, 0.1) is 11.8 Å². The number of aliphatic hydroxyl groups is 1. The Balaban J connectivity index is 1.38. The molecule has 2 N–H and O–H groups in total. The van der Waals surface area contributed by atoms with Gasteiger partial charge >= 0.3 is 0 Å². The van der Waals surface area contributed by atoms with E-state index in [0.29, 0.717) is 18.4 Å². The molecule has 2 fully saturated rings. The number of rotatable bonds is 5. The molecule has 2 saturated heterocycles. The van der Waals surface area contributed by atoms with Crippen LogP contribution in [0.1, 0.15) is 24.8 Å². The highest BCUT2D eigenvalue weighted by Gasteiger charge is 2.33. The molecular weight excluding hydrogens is 298 g/mol. The van der Waals surface area contributed by atoms with Crippen molar-refractivity contribution in [1.82, 2.24) is 14.8 Å². The van der Waals surface area contributed by atoms with Crippen molar-refractivity contribution in [1.29, 1.82) is 0 Å². The molecule has 0 spiro atoms. The van der Waals surface area contributed by atoms with E-state index in [1.54, 1.807) is 0 Å². The van der Waals surface area contributed by atoms with Gasteiger partial charge in [0.25, 0.3) is 0 Å². The van der Waals surface area contributed by atoms with E-state index in [1.165, 1.54) is 55.4 Å². The summed E-state index contributed by atoms with van der Waals surface area (Å²) in [6.45, 7) is 7.13. The number of hydrogen-bond donors (Lipinski definition) is 2. The summed E-state index contributed by atoms with van der Waals surface area (Å²) in [5.74, 6) is 1.05. The minimum atomic E-state index is 0.325. The fourth-order valence-corrected chi connectivity index (χ4v) is 4.51. The van der Waals surface area contributed by atoms with Crippen LogP contribution in [-0.4, -0.2) is 59.2 Å². The average molecular weight is 327 g/mol. The van der Waals surface area contributed by atoms with Crippen LogP contribution >= 0.6 is 0 Å². The minimum absolute atomic E-state index is 0.325. The van der Waals surface area contributed by atoms with Gasteiger partial charge in [0.2, 0.25) is 0 Å². The Hall–Kier alpha value is -1.36. The highest BCUT2D eigenvalue weighted by molar-refractivity contribution is 5.79. The van der Waals surface area contributed by atoms with Crippen molar-refractivity contribution < 1.29 is 5.11 Å². The molecule has 0 amide bonds. The van der Waals surface area contributed by atoms with Crippen molar-refractivity contribution in [2.24, 2.45) is 11.8 Å². The molecule has 2 aromatic rings. The Morgan fingerprint density at radius 2 is 1.83 bits per heavy atom. The summed E-state index contributed by atoms with van der Waals surface area (Å²) in [4.78, 5) is 8.41. The Morgan fingerprint density at radius 3 is 2.67 bits per heavy atom. The summed E-state index contributed by atoms with van der Waals surface area (Å²) in [5, 5.41) is 11.1. The first kappa shape index (κ1) is 16.1. The van der Waals surface area contributed by atoms with E-state index in [-0.39, 0.29) is 0 Å². The second-order valence-electron chi connectivity index (χ2n) is 7.66. The first-order valence-electron chi connectivity index (χ1n) is 9.43. The molecule has 1 aromatic carbocycles. The molecule has 24 heavy (non-hydrogen) atoms. The molecule has 0 aliphatic carbocycles.